The van der Waals surface area contributed by atoms with Gasteiger partial charge in [0.25, 0.3) is 0 Å². The lowest BCUT2D eigenvalue weighted by atomic mass is 10.2. The molecule has 1 amide bonds. The van der Waals surface area contributed by atoms with Gasteiger partial charge in [-0.3, -0.25) is 10.1 Å². The average molecular weight is 526 g/mol. The van der Waals surface area contributed by atoms with Crippen molar-refractivity contribution >= 4 is 45.0 Å². The Kier molecular flexibility index (Phi) is 9.18. The summed E-state index contributed by atoms with van der Waals surface area (Å²) in [4.78, 5) is 12.4. The van der Waals surface area contributed by atoms with Gasteiger partial charge in [-0.25, -0.2) is 8.42 Å². The number of amides is 1. The molecule has 0 unspecified atom stereocenters. The Bertz CT molecular complexity index is 1340. The molecule has 188 valence electrons. The summed E-state index contributed by atoms with van der Waals surface area (Å²) >= 11 is 5.20. The van der Waals surface area contributed by atoms with Crippen LogP contribution in [0, 0.1) is 0 Å². The molecule has 8 nitrogen and oxygen atoms in total. The van der Waals surface area contributed by atoms with E-state index in [1.807, 2.05) is 30.3 Å². The first-order valence-corrected chi connectivity index (χ1v) is 12.7. The number of anilines is 1. The minimum atomic E-state index is -3.67. The highest BCUT2D eigenvalue weighted by atomic mass is 32.2. The average Bonchev–Trinajstić information content (AvgIpc) is 2.88. The second kappa shape index (κ2) is 12.3. The first kappa shape index (κ1) is 26.9. The standard InChI is InChI=1S/C26H27N3O5S2/c1-29(18-20-7-5-4-6-8-20)36(31,32)22-13-11-21(12-14-22)27-26(35)28-25(30)16-10-19-9-15-23(33-2)24(17-19)34-3/h4-17H,18H2,1-3H3,(H2,27,28,30,35). The van der Waals surface area contributed by atoms with E-state index in [1.54, 1.807) is 43.5 Å². The Morgan fingerprint density at radius 2 is 1.64 bits per heavy atom. The van der Waals surface area contributed by atoms with E-state index in [1.165, 1.54) is 36.7 Å². The summed E-state index contributed by atoms with van der Waals surface area (Å²) in [6.07, 6.45) is 2.96. The van der Waals surface area contributed by atoms with Crippen LogP contribution in [0.25, 0.3) is 6.08 Å². The first-order valence-electron chi connectivity index (χ1n) is 10.9. The lowest BCUT2D eigenvalue weighted by Crippen LogP contribution is -2.32. The second-order valence-corrected chi connectivity index (χ2v) is 10.1. The number of thiocarbonyl (C=S) groups is 1. The lowest BCUT2D eigenvalue weighted by Gasteiger charge is -2.17. The molecule has 36 heavy (non-hydrogen) atoms. The van der Waals surface area contributed by atoms with Crippen LogP contribution < -0.4 is 20.1 Å². The first-order chi connectivity index (χ1) is 17.2. The molecule has 0 aliphatic carbocycles. The molecule has 3 aromatic rings. The molecule has 3 aromatic carbocycles. The zero-order valence-corrected chi connectivity index (χ0v) is 21.7. The summed E-state index contributed by atoms with van der Waals surface area (Å²) < 4.78 is 37.5. The number of carbonyl (C=O) groups excluding carboxylic acids is 1. The third-order valence-electron chi connectivity index (χ3n) is 5.14. The van der Waals surface area contributed by atoms with E-state index in [9.17, 15) is 13.2 Å². The summed E-state index contributed by atoms with van der Waals surface area (Å²) in [7, 11) is 0.951. The highest BCUT2D eigenvalue weighted by Gasteiger charge is 2.20. The van der Waals surface area contributed by atoms with Gasteiger partial charge >= 0.3 is 0 Å². The Balaban J connectivity index is 1.56. The Morgan fingerprint density at radius 3 is 2.28 bits per heavy atom. The van der Waals surface area contributed by atoms with E-state index in [0.717, 1.165) is 11.1 Å². The van der Waals surface area contributed by atoms with Gasteiger partial charge in [0.05, 0.1) is 19.1 Å². The van der Waals surface area contributed by atoms with E-state index < -0.39 is 15.9 Å². The molecule has 3 rings (SSSR count). The number of rotatable bonds is 9. The summed E-state index contributed by atoms with van der Waals surface area (Å²) in [5.41, 5.74) is 2.17. The van der Waals surface area contributed by atoms with Crippen LogP contribution in [0.15, 0.2) is 83.8 Å². The molecule has 0 bridgehead atoms. The van der Waals surface area contributed by atoms with Crippen molar-refractivity contribution in [3.8, 4) is 11.5 Å². The summed E-state index contributed by atoms with van der Waals surface area (Å²) in [5.74, 6) is 0.712. The fourth-order valence-electron chi connectivity index (χ4n) is 3.26. The number of carbonyl (C=O) groups is 1. The Hall–Kier alpha value is -3.73. The van der Waals surface area contributed by atoms with E-state index in [0.29, 0.717) is 17.2 Å². The van der Waals surface area contributed by atoms with Gasteiger partial charge in [0.2, 0.25) is 15.9 Å². The van der Waals surface area contributed by atoms with Crippen molar-refractivity contribution in [2.45, 2.75) is 11.4 Å². The molecule has 0 heterocycles. The molecule has 0 radical (unpaired) electrons. The monoisotopic (exact) mass is 525 g/mol. The van der Waals surface area contributed by atoms with Gasteiger partial charge < -0.3 is 14.8 Å². The zero-order valence-electron chi connectivity index (χ0n) is 20.1. The van der Waals surface area contributed by atoms with Crippen LogP contribution in [0.2, 0.25) is 0 Å². The normalized spacial score (nSPS) is 11.3. The number of ether oxygens (including phenoxy) is 2. The number of hydrogen-bond acceptors (Lipinski definition) is 6. The van der Waals surface area contributed by atoms with Crippen molar-refractivity contribution in [3.05, 3.63) is 90.0 Å². The van der Waals surface area contributed by atoms with Gasteiger partial charge in [0.1, 0.15) is 0 Å². The number of sulfonamides is 1. The molecule has 10 heteroatoms. The number of nitrogens with zero attached hydrogens (tertiary/aromatic N) is 1. The van der Waals surface area contributed by atoms with Gasteiger partial charge in [-0.2, -0.15) is 4.31 Å². The third-order valence-corrected chi connectivity index (χ3v) is 7.16. The third kappa shape index (κ3) is 7.14. The number of hydrogen-bond donors (Lipinski definition) is 2. The molecular weight excluding hydrogens is 498 g/mol. The van der Waals surface area contributed by atoms with Crippen LogP contribution >= 0.6 is 12.2 Å². The number of benzene rings is 3. The van der Waals surface area contributed by atoms with Crippen molar-refractivity contribution in [3.63, 3.8) is 0 Å². The topological polar surface area (TPSA) is 97.0 Å². The van der Waals surface area contributed by atoms with Crippen LogP contribution in [0.3, 0.4) is 0 Å². The lowest BCUT2D eigenvalue weighted by molar-refractivity contribution is -0.115. The van der Waals surface area contributed by atoms with Crippen molar-refractivity contribution < 1.29 is 22.7 Å². The molecule has 0 saturated heterocycles. The Labute approximate surface area is 216 Å². The molecular formula is C26H27N3O5S2. The van der Waals surface area contributed by atoms with Gasteiger partial charge in [0, 0.05) is 25.4 Å². The predicted molar refractivity (Wildman–Crippen MR) is 144 cm³/mol. The van der Waals surface area contributed by atoms with Crippen LogP contribution in [0.1, 0.15) is 11.1 Å². The van der Waals surface area contributed by atoms with Crippen molar-refractivity contribution in [2.24, 2.45) is 0 Å². The SMILES string of the molecule is COc1ccc(C=CC(=O)NC(=S)Nc2ccc(S(=O)(=O)N(C)Cc3ccccc3)cc2)cc1OC. The van der Waals surface area contributed by atoms with E-state index >= 15 is 0 Å². The van der Waals surface area contributed by atoms with Gasteiger partial charge in [-0.15, -0.1) is 0 Å². The minimum absolute atomic E-state index is 0.0776. The smallest absolute Gasteiger partial charge is 0.250 e. The van der Waals surface area contributed by atoms with Gasteiger partial charge in [-0.05, 0) is 65.8 Å². The largest absolute Gasteiger partial charge is 0.493 e. The van der Waals surface area contributed by atoms with Crippen molar-refractivity contribution in [2.75, 3.05) is 26.6 Å². The fourth-order valence-corrected chi connectivity index (χ4v) is 4.64. The number of nitrogens with one attached hydrogen (secondary N) is 2. The van der Waals surface area contributed by atoms with Gasteiger partial charge in [-0.1, -0.05) is 36.4 Å². The van der Waals surface area contributed by atoms with Gasteiger partial charge in [0.15, 0.2) is 16.6 Å². The molecule has 0 spiro atoms. The van der Waals surface area contributed by atoms with E-state index in [2.05, 4.69) is 10.6 Å². The quantitative estimate of drug-likeness (QED) is 0.321. The van der Waals surface area contributed by atoms with Crippen LogP contribution in [0.4, 0.5) is 5.69 Å². The Morgan fingerprint density at radius 1 is 0.972 bits per heavy atom. The van der Waals surface area contributed by atoms with Crippen molar-refractivity contribution in [1.82, 2.24) is 9.62 Å². The zero-order chi connectivity index (χ0) is 26.1. The van der Waals surface area contributed by atoms with Crippen LogP contribution in [-0.4, -0.2) is 45.0 Å². The molecule has 2 N–H and O–H groups in total. The van der Waals surface area contributed by atoms with Crippen LogP contribution in [-0.2, 0) is 21.4 Å². The maximum absolute atomic E-state index is 12.9. The number of methoxy groups -OCH3 is 2. The van der Waals surface area contributed by atoms with E-state index in [4.69, 9.17) is 21.7 Å². The predicted octanol–water partition coefficient (Wildman–Crippen LogP) is 4.05. The minimum Gasteiger partial charge on any atom is -0.493 e. The maximum Gasteiger partial charge on any atom is 0.250 e. The van der Waals surface area contributed by atoms with Crippen molar-refractivity contribution in [1.29, 1.82) is 0 Å². The fraction of sp³-hybridized carbons (Fsp3) is 0.154. The molecule has 0 aromatic heterocycles. The summed E-state index contributed by atoms with van der Waals surface area (Å²) in [6.45, 7) is 0.260. The molecule has 0 saturated carbocycles. The molecule has 0 aliphatic heterocycles. The molecule has 0 fully saturated rings. The summed E-state index contributed by atoms with van der Waals surface area (Å²) in [5, 5.41) is 5.50. The van der Waals surface area contributed by atoms with E-state index in [-0.39, 0.29) is 16.6 Å². The summed E-state index contributed by atoms with van der Waals surface area (Å²) in [6, 6.07) is 20.8. The highest BCUT2D eigenvalue weighted by Crippen LogP contribution is 2.28. The maximum atomic E-state index is 12.9. The van der Waals surface area contributed by atoms with Crippen LogP contribution in [0.5, 0.6) is 11.5 Å². The molecule has 0 atom stereocenters. The second-order valence-electron chi connectivity index (χ2n) is 7.66. The molecule has 0 aliphatic rings. The highest BCUT2D eigenvalue weighted by molar-refractivity contribution is 7.89.